The van der Waals surface area contributed by atoms with Crippen LogP contribution in [0.2, 0.25) is 5.02 Å². The molecular weight excluding hydrogens is 648 g/mol. The lowest BCUT2D eigenvalue weighted by Crippen LogP contribution is -2.34. The van der Waals surface area contributed by atoms with Crippen LogP contribution in [0.15, 0.2) is 42.5 Å². The summed E-state index contributed by atoms with van der Waals surface area (Å²) >= 11 is 6.45. The van der Waals surface area contributed by atoms with Crippen LogP contribution in [0.25, 0.3) is 22.0 Å². The third-order valence-electron chi connectivity index (χ3n) is 8.10. The number of nitrogens with two attached hydrogens (primary N) is 1. The summed E-state index contributed by atoms with van der Waals surface area (Å²) in [4.78, 5) is 18.3. The molecule has 3 N–H and O–H groups in total. The minimum Gasteiger partial charge on any atom is -0.382 e. The predicted octanol–water partition coefficient (Wildman–Crippen LogP) is 7.51. The lowest BCUT2D eigenvalue weighted by atomic mass is 9.93. The number of benzene rings is 2. The molecule has 0 aliphatic heterocycles. The third kappa shape index (κ3) is 6.38. The number of rotatable bonds is 10. The van der Waals surface area contributed by atoms with E-state index in [2.05, 4.69) is 15.5 Å². The zero-order valence-corrected chi connectivity index (χ0v) is 25.8. The maximum atomic E-state index is 14.3. The van der Waals surface area contributed by atoms with Crippen LogP contribution < -0.4 is 11.1 Å². The Labute approximate surface area is 269 Å². The van der Waals surface area contributed by atoms with Gasteiger partial charge in [0.15, 0.2) is 5.82 Å². The molecule has 3 aromatic heterocycles. The monoisotopic (exact) mass is 675 g/mol. The van der Waals surface area contributed by atoms with E-state index in [0.717, 1.165) is 12.1 Å². The van der Waals surface area contributed by atoms with Crippen molar-refractivity contribution < 1.29 is 31.1 Å². The minimum absolute atomic E-state index is 0.163. The summed E-state index contributed by atoms with van der Waals surface area (Å²) in [5, 5.41) is 11.6. The van der Waals surface area contributed by atoms with Crippen molar-refractivity contribution in [2.45, 2.75) is 57.5 Å². The number of alkyl halides is 4. The molecule has 5 aromatic rings. The summed E-state index contributed by atoms with van der Waals surface area (Å²) in [6, 6.07) is 8.62. The molecule has 1 saturated carbocycles. The fourth-order valence-electron chi connectivity index (χ4n) is 6.06. The van der Waals surface area contributed by atoms with E-state index in [9.17, 15) is 31.1 Å². The van der Waals surface area contributed by atoms with Crippen LogP contribution in [0.4, 0.5) is 32.2 Å². The highest BCUT2D eigenvalue weighted by Crippen LogP contribution is 2.47. The Kier molecular flexibility index (Phi) is 8.64. The van der Waals surface area contributed by atoms with Crippen molar-refractivity contribution >= 4 is 34.2 Å². The number of hydrogen-bond donors (Lipinski definition) is 2. The molecular formula is C32H28ClF6N7O. The number of carbonyl (C=O) groups excluding carboxylic acids is 1. The Balaban J connectivity index is 1.45. The lowest BCUT2D eigenvalue weighted by molar-refractivity contribution is -0.122. The summed E-state index contributed by atoms with van der Waals surface area (Å²) < 4.78 is 86.8. The number of fused-ring (bicyclic) bond motifs is 1. The van der Waals surface area contributed by atoms with Crippen molar-refractivity contribution in [1.82, 2.24) is 29.9 Å². The molecule has 0 spiro atoms. The number of pyridine rings is 1. The number of aromatic nitrogens is 5. The van der Waals surface area contributed by atoms with E-state index in [-0.39, 0.29) is 29.1 Å². The number of halogens is 7. The first-order valence-corrected chi connectivity index (χ1v) is 15.0. The van der Waals surface area contributed by atoms with E-state index < -0.39 is 60.3 Å². The van der Waals surface area contributed by atoms with Gasteiger partial charge in [-0.3, -0.25) is 19.1 Å². The summed E-state index contributed by atoms with van der Waals surface area (Å²) in [7, 11) is 1.67. The second-order valence-corrected chi connectivity index (χ2v) is 11.9. The topological polar surface area (TPSA) is 104 Å². The molecule has 1 atom stereocenters. The fraction of sp³-hybridized carbons (Fsp3) is 0.312. The average Bonchev–Trinajstić information content (AvgIpc) is 3.68. The Hall–Kier alpha value is -4.59. The zero-order chi connectivity index (χ0) is 33.7. The molecule has 6 rings (SSSR count). The molecule has 0 unspecified atom stereocenters. The normalized spacial score (nSPS) is 14.0. The highest BCUT2D eigenvalue weighted by atomic mass is 35.5. The molecule has 0 radical (unpaired) electrons. The van der Waals surface area contributed by atoms with Gasteiger partial charge in [0.2, 0.25) is 5.91 Å². The molecule has 1 aliphatic rings. The van der Waals surface area contributed by atoms with Gasteiger partial charge in [-0.2, -0.15) is 10.2 Å². The van der Waals surface area contributed by atoms with Gasteiger partial charge in [-0.15, -0.1) is 0 Å². The van der Waals surface area contributed by atoms with Crippen molar-refractivity contribution in [2.24, 2.45) is 7.05 Å². The second kappa shape index (κ2) is 12.5. The summed E-state index contributed by atoms with van der Waals surface area (Å²) in [5.41, 5.74) is 7.00. The molecule has 8 nitrogen and oxygen atoms in total. The van der Waals surface area contributed by atoms with Crippen molar-refractivity contribution in [2.75, 3.05) is 5.73 Å². The Bertz CT molecular complexity index is 1990. The number of nitrogen functional groups attached to an aromatic ring is 1. The molecule has 2 aromatic carbocycles. The van der Waals surface area contributed by atoms with Crippen LogP contribution in [0.3, 0.4) is 0 Å². The van der Waals surface area contributed by atoms with Crippen LogP contribution in [0, 0.1) is 18.6 Å². The smallest absolute Gasteiger partial charge is 0.282 e. The van der Waals surface area contributed by atoms with Crippen LogP contribution in [-0.2, 0) is 24.8 Å². The van der Waals surface area contributed by atoms with Gasteiger partial charge < -0.3 is 11.1 Å². The number of nitrogens with one attached hydrogen (secondary N) is 1. The van der Waals surface area contributed by atoms with Gasteiger partial charge in [0.25, 0.3) is 12.9 Å². The molecule has 1 fully saturated rings. The third-order valence-corrected chi connectivity index (χ3v) is 8.41. The standard InChI is InChI=1S/C32H28ClF6N7O/c1-14-3-6-19(20-7-8-21(33)25-28(20)45(2)44-32(25)40)26(41-14)22(11-15-9-17(34)12-18(35)10-15)42-23(47)13-46-29(31(38)39)24(16-4-5-16)27(43-46)30(36)37/h3,6-10,12,16,22,30-31H,4-5,11,13H2,1-2H3,(H2,40,44)(H,42,47)/t22-/m0/s1. The van der Waals surface area contributed by atoms with Gasteiger partial charge in [-0.1, -0.05) is 23.7 Å². The van der Waals surface area contributed by atoms with E-state index >= 15 is 0 Å². The first-order valence-electron chi connectivity index (χ1n) is 14.6. The summed E-state index contributed by atoms with van der Waals surface area (Å²) in [5.74, 6) is -2.86. The number of anilines is 1. The van der Waals surface area contributed by atoms with Crippen molar-refractivity contribution in [3.8, 4) is 11.1 Å². The number of hydrogen-bond acceptors (Lipinski definition) is 5. The maximum Gasteiger partial charge on any atom is 0.282 e. The molecule has 47 heavy (non-hydrogen) atoms. The Morgan fingerprint density at radius 1 is 1.00 bits per heavy atom. The highest BCUT2D eigenvalue weighted by molar-refractivity contribution is 6.37. The summed E-state index contributed by atoms with van der Waals surface area (Å²) in [6.07, 6.45) is -5.52. The average molecular weight is 676 g/mol. The predicted molar refractivity (Wildman–Crippen MR) is 163 cm³/mol. The van der Waals surface area contributed by atoms with E-state index in [1.54, 1.807) is 38.2 Å². The second-order valence-electron chi connectivity index (χ2n) is 11.5. The number of amides is 1. The first-order chi connectivity index (χ1) is 22.3. The zero-order valence-electron chi connectivity index (χ0n) is 25.0. The van der Waals surface area contributed by atoms with Gasteiger partial charge in [-0.25, -0.2) is 26.3 Å². The molecule has 0 saturated heterocycles. The van der Waals surface area contributed by atoms with Crippen LogP contribution in [-0.4, -0.2) is 30.5 Å². The first kappa shape index (κ1) is 32.4. The maximum absolute atomic E-state index is 14.3. The fourth-order valence-corrected chi connectivity index (χ4v) is 6.31. The molecule has 1 aliphatic carbocycles. The van der Waals surface area contributed by atoms with Crippen molar-refractivity contribution in [3.63, 3.8) is 0 Å². The van der Waals surface area contributed by atoms with Gasteiger partial charge in [-0.05, 0) is 61.9 Å². The Morgan fingerprint density at radius 2 is 1.68 bits per heavy atom. The molecule has 246 valence electrons. The number of nitrogens with zero attached hydrogens (tertiary/aromatic N) is 5. The van der Waals surface area contributed by atoms with E-state index in [1.807, 2.05) is 0 Å². The van der Waals surface area contributed by atoms with Gasteiger partial charge in [0.05, 0.1) is 27.7 Å². The molecule has 0 bridgehead atoms. The molecule has 15 heteroatoms. The van der Waals surface area contributed by atoms with Crippen LogP contribution in [0.5, 0.6) is 0 Å². The van der Waals surface area contributed by atoms with E-state index in [4.69, 9.17) is 22.3 Å². The Morgan fingerprint density at radius 3 is 2.32 bits per heavy atom. The summed E-state index contributed by atoms with van der Waals surface area (Å²) in [6.45, 7) is 0.891. The number of carbonyl (C=O) groups is 1. The largest absolute Gasteiger partial charge is 0.382 e. The van der Waals surface area contributed by atoms with Gasteiger partial charge in [0, 0.05) is 35.5 Å². The van der Waals surface area contributed by atoms with Crippen LogP contribution in [0.1, 0.15) is 71.6 Å². The quantitative estimate of drug-likeness (QED) is 0.149. The number of aryl methyl sites for hydroxylation is 2. The van der Waals surface area contributed by atoms with Crippen LogP contribution >= 0.6 is 11.6 Å². The van der Waals surface area contributed by atoms with E-state index in [1.165, 1.54) is 4.68 Å². The molecule has 1 amide bonds. The SMILES string of the molecule is Cc1ccc(-c2ccc(Cl)c3c(N)nn(C)c23)c([C@H](Cc2cc(F)cc(F)c2)NC(=O)Cn2nc(C(F)F)c(C3CC3)c2C(F)F)n1. The molecule has 3 heterocycles. The highest BCUT2D eigenvalue weighted by Gasteiger charge is 2.38. The van der Waals surface area contributed by atoms with Crippen molar-refractivity contribution in [3.05, 3.63) is 93.0 Å². The van der Waals surface area contributed by atoms with E-state index in [0.29, 0.717) is 56.3 Å². The van der Waals surface area contributed by atoms with Gasteiger partial charge >= 0.3 is 0 Å². The van der Waals surface area contributed by atoms with Gasteiger partial charge in [0.1, 0.15) is 29.6 Å². The van der Waals surface area contributed by atoms with Crippen molar-refractivity contribution in [1.29, 1.82) is 0 Å². The minimum atomic E-state index is -3.16. The lowest BCUT2D eigenvalue weighted by Gasteiger charge is -2.23.